The van der Waals surface area contributed by atoms with Crippen LogP contribution in [0.5, 0.6) is 5.75 Å². The minimum Gasteiger partial charge on any atom is -0.492 e. The molecule has 2 aromatic carbocycles. The van der Waals surface area contributed by atoms with Crippen LogP contribution in [0.15, 0.2) is 47.5 Å². The zero-order valence-corrected chi connectivity index (χ0v) is 23.7. The molecule has 0 bridgehead atoms. The van der Waals surface area contributed by atoms with Crippen molar-refractivity contribution < 1.29 is 28.6 Å². The lowest BCUT2D eigenvalue weighted by Gasteiger charge is -2.16. The van der Waals surface area contributed by atoms with Crippen LogP contribution in [0.3, 0.4) is 0 Å². The van der Waals surface area contributed by atoms with Gasteiger partial charge in [-0.2, -0.15) is 5.10 Å². The summed E-state index contributed by atoms with van der Waals surface area (Å²) in [5, 5.41) is 16.1. The highest BCUT2D eigenvalue weighted by atomic mass is 35.5. The van der Waals surface area contributed by atoms with E-state index >= 15 is 4.39 Å². The molecular formula is C30H26ClFN4O6. The zero-order valence-electron chi connectivity index (χ0n) is 23.0. The second-order valence-electron chi connectivity index (χ2n) is 11.1. The van der Waals surface area contributed by atoms with E-state index in [1.165, 1.54) is 27.6 Å². The number of hydrogen-bond donors (Lipinski definition) is 2. The third-order valence-electron chi connectivity index (χ3n) is 7.31. The van der Waals surface area contributed by atoms with Crippen LogP contribution in [0.1, 0.15) is 42.4 Å². The van der Waals surface area contributed by atoms with E-state index in [4.69, 9.17) is 21.1 Å². The number of benzene rings is 2. The number of pyridine rings is 1. The van der Waals surface area contributed by atoms with Crippen LogP contribution in [0.2, 0.25) is 5.02 Å². The molecule has 10 nitrogen and oxygen atoms in total. The molecule has 1 aliphatic rings. The van der Waals surface area contributed by atoms with E-state index in [2.05, 4.69) is 10.1 Å². The topological polar surface area (TPSA) is 128 Å². The number of aromatic nitrogens is 4. The van der Waals surface area contributed by atoms with Gasteiger partial charge in [0.15, 0.2) is 6.73 Å². The van der Waals surface area contributed by atoms with E-state index in [1.54, 1.807) is 45.2 Å². The van der Waals surface area contributed by atoms with Gasteiger partial charge in [-0.1, -0.05) is 11.6 Å². The average Bonchev–Trinajstić information content (AvgIpc) is 3.64. The van der Waals surface area contributed by atoms with Crippen molar-refractivity contribution in [2.75, 3.05) is 6.61 Å². The largest absolute Gasteiger partial charge is 0.492 e. The number of esters is 1. The van der Waals surface area contributed by atoms with Crippen LogP contribution in [0.4, 0.5) is 4.39 Å². The highest BCUT2D eigenvalue weighted by Crippen LogP contribution is 2.45. The molecule has 0 atom stereocenters. The van der Waals surface area contributed by atoms with Crippen molar-refractivity contribution in [3.05, 3.63) is 80.7 Å². The van der Waals surface area contributed by atoms with Crippen molar-refractivity contribution in [3.63, 3.8) is 0 Å². The molecule has 3 aromatic heterocycles. The third-order valence-corrected chi connectivity index (χ3v) is 7.67. The Labute approximate surface area is 243 Å². The van der Waals surface area contributed by atoms with Gasteiger partial charge in [-0.3, -0.25) is 9.59 Å². The van der Waals surface area contributed by atoms with E-state index < -0.39 is 22.8 Å². The van der Waals surface area contributed by atoms with Crippen LogP contribution >= 0.6 is 11.6 Å². The first-order valence-electron chi connectivity index (χ1n) is 13.2. The number of carbonyl (C=O) groups is 2. The minimum atomic E-state index is -1.30. The summed E-state index contributed by atoms with van der Waals surface area (Å²) in [4.78, 5) is 40.5. The lowest BCUT2D eigenvalue weighted by atomic mass is 9.98. The number of rotatable bonds is 6. The van der Waals surface area contributed by atoms with Gasteiger partial charge in [-0.25, -0.2) is 13.9 Å². The van der Waals surface area contributed by atoms with Crippen molar-refractivity contribution in [2.24, 2.45) is 5.41 Å². The Morgan fingerprint density at radius 3 is 2.74 bits per heavy atom. The molecule has 0 fully saturated rings. The van der Waals surface area contributed by atoms with Gasteiger partial charge in [-0.15, -0.1) is 0 Å². The fourth-order valence-electron chi connectivity index (χ4n) is 5.28. The number of nitrogens with one attached hydrogen (secondary N) is 1. The molecule has 5 aromatic rings. The van der Waals surface area contributed by atoms with Crippen molar-refractivity contribution in [1.29, 1.82) is 0 Å². The molecule has 0 saturated heterocycles. The number of fused-ring (bicyclic) bond motifs is 4. The molecule has 12 heteroatoms. The lowest BCUT2D eigenvalue weighted by molar-refractivity contribution is -0.157. The van der Waals surface area contributed by atoms with Gasteiger partial charge < -0.3 is 24.1 Å². The fourth-order valence-corrected chi connectivity index (χ4v) is 5.49. The molecule has 0 spiro atoms. The smallest absolute Gasteiger partial charge is 0.353 e. The Bertz CT molecular complexity index is 1980. The Morgan fingerprint density at radius 2 is 2.02 bits per heavy atom. The second kappa shape index (κ2) is 10.0. The molecule has 42 heavy (non-hydrogen) atoms. The molecule has 0 amide bonds. The predicted octanol–water partition coefficient (Wildman–Crippen LogP) is 5.37. The number of aromatic carboxylic acids is 1. The summed E-state index contributed by atoms with van der Waals surface area (Å²) in [6, 6.07) is 7.80. The molecule has 4 heterocycles. The van der Waals surface area contributed by atoms with Gasteiger partial charge in [-0.05, 0) is 56.7 Å². The van der Waals surface area contributed by atoms with Crippen molar-refractivity contribution >= 4 is 45.3 Å². The molecular weight excluding hydrogens is 567 g/mol. The summed E-state index contributed by atoms with van der Waals surface area (Å²) < 4.78 is 29.4. The van der Waals surface area contributed by atoms with Crippen molar-refractivity contribution in [1.82, 2.24) is 19.3 Å². The van der Waals surface area contributed by atoms with E-state index in [1.807, 2.05) is 0 Å². The number of carboxylic acid groups (broad SMARTS) is 1. The van der Waals surface area contributed by atoms with Crippen LogP contribution in [0, 0.1) is 11.2 Å². The normalized spacial score (nSPS) is 13.0. The van der Waals surface area contributed by atoms with E-state index in [0.717, 1.165) is 0 Å². The predicted molar refractivity (Wildman–Crippen MR) is 154 cm³/mol. The molecule has 216 valence electrons. The zero-order chi connectivity index (χ0) is 29.9. The summed E-state index contributed by atoms with van der Waals surface area (Å²) in [7, 11) is 0. The summed E-state index contributed by atoms with van der Waals surface area (Å²) >= 11 is 6.71. The van der Waals surface area contributed by atoms with Crippen LogP contribution in [-0.2, 0) is 29.2 Å². The molecule has 6 rings (SSSR count). The van der Waals surface area contributed by atoms with Gasteiger partial charge in [0.1, 0.15) is 17.3 Å². The van der Waals surface area contributed by atoms with Crippen molar-refractivity contribution in [2.45, 2.75) is 40.5 Å². The number of nitrogens with zero attached hydrogens (tertiary/aromatic N) is 3. The van der Waals surface area contributed by atoms with Crippen LogP contribution in [0.25, 0.3) is 32.9 Å². The molecule has 0 unspecified atom stereocenters. The third kappa shape index (κ3) is 4.50. The average molecular weight is 593 g/mol. The summed E-state index contributed by atoms with van der Waals surface area (Å²) in [6.07, 6.45) is 3.36. The fraction of sp³-hybridized carbons (Fsp3) is 0.267. The molecule has 0 saturated carbocycles. The Morgan fingerprint density at radius 1 is 1.24 bits per heavy atom. The SMILES string of the molecule is CC(C)(C)C(=O)OCn1ncc2cc(Cn3c(C(=O)O)c(-c4ccc[nH]c4=O)c4c5c(c(F)cc43)CCO5)c(Cl)cc21. The number of ether oxygens (including phenoxy) is 2. The summed E-state index contributed by atoms with van der Waals surface area (Å²) in [6.45, 7) is 5.33. The molecule has 1 aliphatic heterocycles. The maximum Gasteiger partial charge on any atom is 0.353 e. The van der Waals surface area contributed by atoms with Crippen LogP contribution in [-0.4, -0.2) is 43.0 Å². The van der Waals surface area contributed by atoms with E-state index in [-0.39, 0.29) is 53.9 Å². The van der Waals surface area contributed by atoms with Gasteiger partial charge >= 0.3 is 11.9 Å². The Kier molecular flexibility index (Phi) is 6.57. The number of halogens is 2. The first kappa shape index (κ1) is 27.5. The van der Waals surface area contributed by atoms with Crippen LogP contribution < -0.4 is 10.3 Å². The quantitative estimate of drug-likeness (QED) is 0.254. The minimum absolute atomic E-state index is 0.0555. The summed E-state index contributed by atoms with van der Waals surface area (Å²) in [5.74, 6) is -1.98. The molecule has 2 N–H and O–H groups in total. The number of carboxylic acids is 1. The van der Waals surface area contributed by atoms with Crippen molar-refractivity contribution in [3.8, 4) is 16.9 Å². The Hall–Kier alpha value is -4.64. The van der Waals surface area contributed by atoms with Gasteiger partial charge in [0.05, 0.1) is 40.2 Å². The highest BCUT2D eigenvalue weighted by Gasteiger charge is 2.32. The number of aromatic amines is 1. The van der Waals surface area contributed by atoms with E-state index in [0.29, 0.717) is 38.9 Å². The number of carbonyl (C=O) groups excluding carboxylic acids is 1. The standard InChI is InChI=1S/C30H26ClFN4O6/c1-30(2,3)29(40)42-14-36-21-10-19(31)16(9-15(21)12-34-36)13-35-22-11-20(32)17-6-8-41-26(17)24(22)23(25(35)28(38)39)18-5-4-7-33-27(18)37/h4-5,7,9-12H,6,8,13-14H2,1-3H3,(H,33,37)(H,38,39). The van der Waals surface area contributed by atoms with E-state index in [9.17, 15) is 19.5 Å². The number of H-pyrrole nitrogens is 1. The van der Waals surface area contributed by atoms with Gasteiger partial charge in [0.2, 0.25) is 0 Å². The first-order chi connectivity index (χ1) is 20.0. The molecule has 0 radical (unpaired) electrons. The van der Waals surface area contributed by atoms with Gasteiger partial charge in [0, 0.05) is 40.7 Å². The maximum atomic E-state index is 15.3. The summed E-state index contributed by atoms with van der Waals surface area (Å²) in [5.41, 5.74) is 0.622. The maximum absolute atomic E-state index is 15.3. The highest BCUT2D eigenvalue weighted by molar-refractivity contribution is 6.32. The Balaban J connectivity index is 1.51. The number of hydrogen-bond acceptors (Lipinski definition) is 6. The second-order valence-corrected chi connectivity index (χ2v) is 11.6. The monoisotopic (exact) mass is 592 g/mol. The molecule has 0 aliphatic carbocycles. The first-order valence-corrected chi connectivity index (χ1v) is 13.6. The van der Waals surface area contributed by atoms with Gasteiger partial charge in [0.25, 0.3) is 5.56 Å². The lowest BCUT2D eigenvalue weighted by Crippen LogP contribution is -2.24.